The van der Waals surface area contributed by atoms with Gasteiger partial charge in [0.25, 0.3) is 0 Å². The van der Waals surface area contributed by atoms with Gasteiger partial charge < -0.3 is 0 Å². The highest BCUT2D eigenvalue weighted by atomic mass is 32.2. The molecule has 0 aliphatic heterocycles. The summed E-state index contributed by atoms with van der Waals surface area (Å²) >= 11 is 1.22. The van der Waals surface area contributed by atoms with Crippen LogP contribution in [0.1, 0.15) is 5.56 Å². The Morgan fingerprint density at radius 1 is 1.07 bits per heavy atom. The topological polar surface area (TPSA) is 92.3 Å². The van der Waals surface area contributed by atoms with Crippen LogP contribution in [-0.4, -0.2) is 37.3 Å². The molecule has 1 N–H and O–H groups in total. The van der Waals surface area contributed by atoms with E-state index in [1.165, 1.54) is 11.3 Å². The maximum absolute atomic E-state index is 12.4. The number of aromatic nitrogens is 2. The van der Waals surface area contributed by atoms with Gasteiger partial charge in [-0.05, 0) is 19.1 Å². The number of rotatable bonds is 6. The summed E-state index contributed by atoms with van der Waals surface area (Å²) in [6, 6.07) is 16.4. The van der Waals surface area contributed by atoms with E-state index in [1.807, 2.05) is 37.3 Å². The highest BCUT2D eigenvalue weighted by Gasteiger charge is 2.21. The normalized spacial score (nSPS) is 11.2. The van der Waals surface area contributed by atoms with Crippen molar-refractivity contribution in [2.24, 2.45) is 0 Å². The first kappa shape index (κ1) is 19.0. The second-order valence-corrected chi connectivity index (χ2v) is 8.82. The minimum absolute atomic E-state index is 0.316. The maximum Gasteiger partial charge on any atom is 0.246 e. The zero-order valence-electron chi connectivity index (χ0n) is 14.8. The molecule has 7 nitrogen and oxygen atoms in total. The summed E-state index contributed by atoms with van der Waals surface area (Å²) in [6.07, 6.45) is 1.07. The summed E-state index contributed by atoms with van der Waals surface area (Å²) < 4.78 is 25.3. The van der Waals surface area contributed by atoms with Crippen molar-refractivity contribution in [1.82, 2.24) is 10.2 Å². The third-order valence-corrected chi connectivity index (χ3v) is 5.73. The maximum atomic E-state index is 12.4. The summed E-state index contributed by atoms with van der Waals surface area (Å²) in [5.41, 5.74) is 2.33. The lowest BCUT2D eigenvalue weighted by atomic mass is 10.2. The van der Waals surface area contributed by atoms with Crippen LogP contribution in [0.5, 0.6) is 0 Å². The van der Waals surface area contributed by atoms with Gasteiger partial charge in [0.1, 0.15) is 11.6 Å². The molecule has 0 radical (unpaired) electrons. The largest absolute Gasteiger partial charge is 0.299 e. The third kappa shape index (κ3) is 4.89. The molecule has 27 heavy (non-hydrogen) atoms. The van der Waals surface area contributed by atoms with Gasteiger partial charge >= 0.3 is 0 Å². The fourth-order valence-electron chi connectivity index (χ4n) is 2.37. The molecule has 0 aliphatic carbocycles. The molecule has 140 valence electrons. The number of nitrogens with zero attached hydrogens (tertiary/aromatic N) is 3. The van der Waals surface area contributed by atoms with E-state index in [0.717, 1.165) is 21.7 Å². The van der Waals surface area contributed by atoms with Crippen LogP contribution in [0, 0.1) is 6.92 Å². The minimum atomic E-state index is -3.62. The van der Waals surface area contributed by atoms with Crippen LogP contribution >= 0.6 is 11.3 Å². The number of anilines is 2. The average Bonchev–Trinajstić information content (AvgIpc) is 3.09. The molecule has 0 bridgehead atoms. The predicted molar refractivity (Wildman–Crippen MR) is 107 cm³/mol. The Morgan fingerprint density at radius 3 is 2.37 bits per heavy atom. The number of hydrogen-bond donors (Lipinski definition) is 1. The lowest BCUT2D eigenvalue weighted by molar-refractivity contribution is -0.114. The fourth-order valence-corrected chi connectivity index (χ4v) is 3.99. The number of benzene rings is 2. The molecule has 3 rings (SSSR count). The molecule has 2 aromatic carbocycles. The van der Waals surface area contributed by atoms with Gasteiger partial charge in [0, 0.05) is 5.56 Å². The molecule has 3 aromatic rings. The number of sulfonamides is 1. The SMILES string of the molecule is Cc1ccc(N(CC(=O)Nc2nnc(-c3ccccc3)s2)S(C)(=O)=O)cc1. The standard InChI is InChI=1S/C18H18N4O3S2/c1-13-8-10-15(11-9-13)22(27(2,24)25)12-16(23)19-18-21-20-17(26-18)14-6-4-3-5-7-14/h3-11H,12H2,1-2H3,(H,19,21,23). The first-order valence-electron chi connectivity index (χ1n) is 8.06. The van der Waals surface area contributed by atoms with E-state index in [4.69, 9.17) is 0 Å². The van der Waals surface area contributed by atoms with Gasteiger partial charge in [-0.3, -0.25) is 14.4 Å². The van der Waals surface area contributed by atoms with Crippen molar-refractivity contribution in [3.8, 4) is 10.6 Å². The predicted octanol–water partition coefficient (Wildman–Crippen LogP) is 2.92. The number of aryl methyl sites for hydroxylation is 1. The first-order valence-corrected chi connectivity index (χ1v) is 10.7. The third-order valence-electron chi connectivity index (χ3n) is 3.70. The van der Waals surface area contributed by atoms with Gasteiger partial charge in [0.2, 0.25) is 21.1 Å². The molecule has 1 heterocycles. The van der Waals surface area contributed by atoms with Crippen molar-refractivity contribution < 1.29 is 13.2 Å². The van der Waals surface area contributed by atoms with Crippen molar-refractivity contribution in [3.05, 3.63) is 60.2 Å². The van der Waals surface area contributed by atoms with E-state index in [1.54, 1.807) is 24.3 Å². The number of carbonyl (C=O) groups is 1. The van der Waals surface area contributed by atoms with Crippen LogP contribution < -0.4 is 9.62 Å². The van der Waals surface area contributed by atoms with E-state index >= 15 is 0 Å². The second-order valence-electron chi connectivity index (χ2n) is 5.93. The second kappa shape index (κ2) is 7.85. The lowest BCUT2D eigenvalue weighted by Crippen LogP contribution is -2.37. The Balaban J connectivity index is 1.73. The van der Waals surface area contributed by atoms with Gasteiger partial charge in [-0.25, -0.2) is 8.42 Å². The average molecular weight is 403 g/mol. The summed E-state index contributed by atoms with van der Waals surface area (Å²) in [5.74, 6) is -0.489. The Bertz CT molecular complexity index is 1030. The van der Waals surface area contributed by atoms with E-state index < -0.39 is 15.9 Å². The lowest BCUT2D eigenvalue weighted by Gasteiger charge is -2.21. The van der Waals surface area contributed by atoms with E-state index in [9.17, 15) is 13.2 Å². The van der Waals surface area contributed by atoms with Crippen molar-refractivity contribution in [2.75, 3.05) is 22.4 Å². The van der Waals surface area contributed by atoms with Crippen molar-refractivity contribution in [3.63, 3.8) is 0 Å². The van der Waals surface area contributed by atoms with Crippen molar-refractivity contribution in [1.29, 1.82) is 0 Å². The minimum Gasteiger partial charge on any atom is -0.299 e. The molecule has 0 saturated heterocycles. The first-order chi connectivity index (χ1) is 12.8. The smallest absolute Gasteiger partial charge is 0.246 e. The van der Waals surface area contributed by atoms with Crippen LogP contribution in [0.2, 0.25) is 0 Å². The van der Waals surface area contributed by atoms with E-state index in [-0.39, 0.29) is 6.54 Å². The van der Waals surface area contributed by atoms with Crippen LogP contribution in [0.4, 0.5) is 10.8 Å². The number of amides is 1. The zero-order valence-corrected chi connectivity index (χ0v) is 16.4. The Hall–Kier alpha value is -2.78. The monoisotopic (exact) mass is 402 g/mol. The summed E-state index contributed by atoms with van der Waals surface area (Å²) in [7, 11) is -3.62. The molecule has 0 saturated carbocycles. The molecule has 0 unspecified atom stereocenters. The number of hydrogen-bond acceptors (Lipinski definition) is 6. The quantitative estimate of drug-likeness (QED) is 0.684. The molecule has 0 aliphatic rings. The van der Waals surface area contributed by atoms with E-state index in [2.05, 4.69) is 15.5 Å². The number of nitrogens with one attached hydrogen (secondary N) is 1. The van der Waals surface area contributed by atoms with Crippen molar-refractivity contribution in [2.45, 2.75) is 6.92 Å². The Morgan fingerprint density at radius 2 is 1.74 bits per heavy atom. The molecule has 9 heteroatoms. The zero-order chi connectivity index (χ0) is 19.4. The van der Waals surface area contributed by atoms with E-state index in [0.29, 0.717) is 15.8 Å². The van der Waals surface area contributed by atoms with Crippen LogP contribution in [0.3, 0.4) is 0 Å². The van der Waals surface area contributed by atoms with Gasteiger partial charge in [-0.2, -0.15) is 0 Å². The number of carbonyl (C=O) groups excluding carboxylic acids is 1. The van der Waals surface area contributed by atoms with Gasteiger partial charge in [0.05, 0.1) is 11.9 Å². The van der Waals surface area contributed by atoms with Gasteiger partial charge in [0.15, 0.2) is 0 Å². The molecule has 0 fully saturated rings. The van der Waals surface area contributed by atoms with Crippen LogP contribution in [-0.2, 0) is 14.8 Å². The van der Waals surface area contributed by atoms with Crippen LogP contribution in [0.15, 0.2) is 54.6 Å². The molecule has 1 aromatic heterocycles. The van der Waals surface area contributed by atoms with Gasteiger partial charge in [-0.1, -0.05) is 59.4 Å². The molecular formula is C18H18N4O3S2. The molecule has 0 spiro atoms. The Labute approximate surface area is 161 Å². The molecular weight excluding hydrogens is 384 g/mol. The highest BCUT2D eigenvalue weighted by Crippen LogP contribution is 2.26. The Kier molecular flexibility index (Phi) is 5.52. The fraction of sp³-hybridized carbons (Fsp3) is 0.167. The van der Waals surface area contributed by atoms with Gasteiger partial charge in [-0.15, -0.1) is 10.2 Å². The van der Waals surface area contributed by atoms with Crippen molar-refractivity contribution >= 4 is 38.1 Å². The van der Waals surface area contributed by atoms with Crippen LogP contribution in [0.25, 0.3) is 10.6 Å². The molecule has 0 atom stereocenters. The summed E-state index contributed by atoms with van der Waals surface area (Å²) in [6.45, 7) is 1.56. The summed E-state index contributed by atoms with van der Waals surface area (Å²) in [5, 5.41) is 11.6. The molecule has 1 amide bonds. The summed E-state index contributed by atoms with van der Waals surface area (Å²) in [4.78, 5) is 12.4. The highest BCUT2D eigenvalue weighted by molar-refractivity contribution is 7.92.